The maximum Gasteiger partial charge on any atom is 0.277 e. The first-order valence-corrected chi connectivity index (χ1v) is 7.32. The van der Waals surface area contributed by atoms with Crippen LogP contribution in [0.25, 0.3) is 0 Å². The van der Waals surface area contributed by atoms with E-state index >= 15 is 0 Å². The number of nitrogens with one attached hydrogen (secondary N) is 1. The standard InChI is InChI=1S/C16H14N4O6/c1-11(12-2-4-13(5-3-12)19(22)23)17-18-16(21)10-26-15-8-6-14(7-9-15)20(24)25/h2-9H,10H2,1H3,(H,18,21)/b17-11+. The molecule has 1 amide bonds. The number of hydrazone groups is 1. The molecule has 26 heavy (non-hydrogen) atoms. The number of rotatable bonds is 7. The van der Waals surface area contributed by atoms with Crippen molar-refractivity contribution in [3.63, 3.8) is 0 Å². The maximum absolute atomic E-state index is 11.7. The Morgan fingerprint density at radius 1 is 1.00 bits per heavy atom. The first-order chi connectivity index (χ1) is 12.4. The van der Waals surface area contributed by atoms with Gasteiger partial charge in [0, 0.05) is 24.3 Å². The van der Waals surface area contributed by atoms with Crippen molar-refractivity contribution in [2.75, 3.05) is 6.61 Å². The molecule has 2 rings (SSSR count). The molecule has 0 aromatic heterocycles. The van der Waals surface area contributed by atoms with E-state index in [-0.39, 0.29) is 18.0 Å². The summed E-state index contributed by atoms with van der Waals surface area (Å²) in [5.41, 5.74) is 3.26. The van der Waals surface area contributed by atoms with Crippen molar-refractivity contribution in [1.29, 1.82) is 0 Å². The van der Waals surface area contributed by atoms with Gasteiger partial charge in [0.05, 0.1) is 15.6 Å². The Labute approximate surface area is 147 Å². The van der Waals surface area contributed by atoms with Crippen LogP contribution in [-0.2, 0) is 4.79 Å². The van der Waals surface area contributed by atoms with Crippen LogP contribution in [0.2, 0.25) is 0 Å². The molecule has 0 aliphatic heterocycles. The molecule has 0 atom stereocenters. The molecule has 0 saturated carbocycles. The third-order valence-corrected chi connectivity index (χ3v) is 3.26. The van der Waals surface area contributed by atoms with E-state index in [2.05, 4.69) is 10.5 Å². The molecule has 0 aliphatic carbocycles. The number of carbonyl (C=O) groups is 1. The van der Waals surface area contributed by atoms with Crippen LogP contribution in [0.4, 0.5) is 11.4 Å². The summed E-state index contributed by atoms with van der Waals surface area (Å²) in [4.78, 5) is 31.8. The Balaban J connectivity index is 1.87. The molecule has 0 radical (unpaired) electrons. The summed E-state index contributed by atoms with van der Waals surface area (Å²) < 4.78 is 5.20. The molecule has 0 fully saturated rings. The summed E-state index contributed by atoms with van der Waals surface area (Å²) in [6, 6.07) is 11.0. The highest BCUT2D eigenvalue weighted by Crippen LogP contribution is 2.17. The lowest BCUT2D eigenvalue weighted by molar-refractivity contribution is -0.385. The molecule has 10 heteroatoms. The molecule has 0 heterocycles. The monoisotopic (exact) mass is 358 g/mol. The molecule has 0 saturated heterocycles. The third kappa shape index (κ3) is 5.09. The van der Waals surface area contributed by atoms with Gasteiger partial charge in [0.25, 0.3) is 17.3 Å². The number of ether oxygens (including phenoxy) is 1. The highest BCUT2D eigenvalue weighted by Gasteiger charge is 2.08. The maximum atomic E-state index is 11.7. The summed E-state index contributed by atoms with van der Waals surface area (Å²) in [7, 11) is 0. The zero-order chi connectivity index (χ0) is 19.1. The molecule has 0 bridgehead atoms. The van der Waals surface area contributed by atoms with Gasteiger partial charge in [-0.3, -0.25) is 25.0 Å². The summed E-state index contributed by atoms with van der Waals surface area (Å²) in [6.07, 6.45) is 0. The molecule has 1 N–H and O–H groups in total. The van der Waals surface area contributed by atoms with Crippen molar-refractivity contribution in [2.24, 2.45) is 5.10 Å². The highest BCUT2D eigenvalue weighted by molar-refractivity contribution is 5.99. The summed E-state index contributed by atoms with van der Waals surface area (Å²) in [5, 5.41) is 25.1. The average Bonchev–Trinajstić information content (AvgIpc) is 2.64. The fraction of sp³-hybridized carbons (Fsp3) is 0.125. The first kappa shape index (κ1) is 18.5. The molecule has 0 spiro atoms. The normalized spacial score (nSPS) is 10.9. The molecule has 2 aromatic carbocycles. The first-order valence-electron chi connectivity index (χ1n) is 7.32. The summed E-state index contributed by atoms with van der Waals surface area (Å²) in [5.74, 6) is -0.216. The van der Waals surface area contributed by atoms with Crippen LogP contribution < -0.4 is 10.2 Å². The van der Waals surface area contributed by atoms with Gasteiger partial charge < -0.3 is 4.74 Å². The van der Waals surface area contributed by atoms with Gasteiger partial charge in [0.15, 0.2) is 6.61 Å². The van der Waals surface area contributed by atoms with E-state index in [1.54, 1.807) is 6.92 Å². The lowest BCUT2D eigenvalue weighted by Crippen LogP contribution is -2.25. The fourth-order valence-corrected chi connectivity index (χ4v) is 1.88. The Bertz CT molecular complexity index is 846. The Hall–Kier alpha value is -3.82. The SMILES string of the molecule is C/C(=N\NC(=O)COc1ccc([N+](=O)[O-])cc1)c1ccc([N+](=O)[O-])cc1. The van der Waals surface area contributed by atoms with Gasteiger partial charge in [-0.1, -0.05) is 0 Å². The number of carbonyl (C=O) groups excluding carboxylic acids is 1. The van der Waals surface area contributed by atoms with Gasteiger partial charge in [-0.05, 0) is 36.8 Å². The van der Waals surface area contributed by atoms with E-state index < -0.39 is 15.8 Å². The van der Waals surface area contributed by atoms with Crippen molar-refractivity contribution in [1.82, 2.24) is 5.43 Å². The van der Waals surface area contributed by atoms with Gasteiger partial charge in [-0.2, -0.15) is 5.10 Å². The van der Waals surface area contributed by atoms with E-state index in [1.165, 1.54) is 48.5 Å². The van der Waals surface area contributed by atoms with Crippen LogP contribution >= 0.6 is 0 Å². The molecule has 10 nitrogen and oxygen atoms in total. The third-order valence-electron chi connectivity index (χ3n) is 3.26. The van der Waals surface area contributed by atoms with Crippen LogP contribution in [-0.4, -0.2) is 28.1 Å². The smallest absolute Gasteiger partial charge is 0.277 e. The van der Waals surface area contributed by atoms with Crippen molar-refractivity contribution in [3.8, 4) is 5.75 Å². The van der Waals surface area contributed by atoms with Crippen molar-refractivity contribution < 1.29 is 19.4 Å². The number of nitro groups is 2. The van der Waals surface area contributed by atoms with Crippen molar-refractivity contribution >= 4 is 23.0 Å². The molecular weight excluding hydrogens is 344 g/mol. The average molecular weight is 358 g/mol. The van der Waals surface area contributed by atoms with E-state index in [4.69, 9.17) is 4.74 Å². The number of nitro benzene ring substituents is 2. The van der Waals surface area contributed by atoms with Gasteiger partial charge in [0.2, 0.25) is 0 Å². The predicted octanol–water partition coefficient (Wildman–Crippen LogP) is 2.42. The highest BCUT2D eigenvalue weighted by atomic mass is 16.6. The topological polar surface area (TPSA) is 137 Å². The van der Waals surface area contributed by atoms with Crippen LogP contribution in [0, 0.1) is 20.2 Å². The zero-order valence-electron chi connectivity index (χ0n) is 13.6. The minimum absolute atomic E-state index is 0.0397. The molecule has 2 aromatic rings. The van der Waals surface area contributed by atoms with Gasteiger partial charge >= 0.3 is 0 Å². The van der Waals surface area contributed by atoms with Gasteiger partial charge in [-0.15, -0.1) is 0 Å². The second kappa shape index (κ2) is 8.33. The van der Waals surface area contributed by atoms with Crippen LogP contribution in [0.1, 0.15) is 12.5 Å². The van der Waals surface area contributed by atoms with Crippen LogP contribution in [0.3, 0.4) is 0 Å². The molecule has 0 aliphatic rings. The molecule has 0 unspecified atom stereocenters. The van der Waals surface area contributed by atoms with Crippen molar-refractivity contribution in [3.05, 3.63) is 74.3 Å². The lowest BCUT2D eigenvalue weighted by atomic mass is 10.1. The number of benzene rings is 2. The molecule has 134 valence electrons. The van der Waals surface area contributed by atoms with E-state index in [0.717, 1.165) is 0 Å². The number of hydrogen-bond donors (Lipinski definition) is 1. The molecular formula is C16H14N4O6. The van der Waals surface area contributed by atoms with Crippen molar-refractivity contribution in [2.45, 2.75) is 6.92 Å². The summed E-state index contributed by atoms with van der Waals surface area (Å²) >= 11 is 0. The summed E-state index contributed by atoms with van der Waals surface area (Å²) in [6.45, 7) is 1.31. The second-order valence-electron chi connectivity index (χ2n) is 5.08. The number of amides is 1. The lowest BCUT2D eigenvalue weighted by Gasteiger charge is -2.05. The minimum Gasteiger partial charge on any atom is -0.484 e. The fourth-order valence-electron chi connectivity index (χ4n) is 1.88. The Morgan fingerprint density at radius 3 is 2.00 bits per heavy atom. The predicted molar refractivity (Wildman–Crippen MR) is 92.0 cm³/mol. The Morgan fingerprint density at radius 2 is 1.50 bits per heavy atom. The van der Waals surface area contributed by atoms with Crippen LogP contribution in [0.15, 0.2) is 53.6 Å². The largest absolute Gasteiger partial charge is 0.484 e. The van der Waals surface area contributed by atoms with E-state index in [1.807, 2.05) is 0 Å². The van der Waals surface area contributed by atoms with Crippen LogP contribution in [0.5, 0.6) is 5.75 Å². The van der Waals surface area contributed by atoms with Gasteiger partial charge in [0.1, 0.15) is 5.75 Å². The Kier molecular flexibility index (Phi) is 5.93. The number of nitrogens with zero attached hydrogens (tertiary/aromatic N) is 3. The van der Waals surface area contributed by atoms with Gasteiger partial charge in [-0.25, -0.2) is 5.43 Å². The minimum atomic E-state index is -0.536. The number of non-ortho nitro benzene ring substituents is 2. The van der Waals surface area contributed by atoms with E-state index in [0.29, 0.717) is 17.0 Å². The second-order valence-corrected chi connectivity index (χ2v) is 5.08. The quantitative estimate of drug-likeness (QED) is 0.458. The van der Waals surface area contributed by atoms with E-state index in [9.17, 15) is 25.0 Å². The zero-order valence-corrected chi connectivity index (χ0v) is 13.6. The number of hydrogen-bond acceptors (Lipinski definition) is 7.